The second-order valence-corrected chi connectivity index (χ2v) is 7.06. The fourth-order valence-corrected chi connectivity index (χ4v) is 3.79. The molecule has 0 spiro atoms. The molecule has 0 saturated carbocycles. The van der Waals surface area contributed by atoms with Gasteiger partial charge in [0.05, 0.1) is 0 Å². The Morgan fingerprint density at radius 3 is 2.48 bits per heavy atom. The number of aryl methyl sites for hydroxylation is 1. The van der Waals surface area contributed by atoms with Gasteiger partial charge in [0.1, 0.15) is 22.8 Å². The summed E-state index contributed by atoms with van der Waals surface area (Å²) in [5, 5.41) is 6.19. The van der Waals surface area contributed by atoms with Gasteiger partial charge in [-0.2, -0.15) is 4.57 Å². The zero-order valence-electron chi connectivity index (χ0n) is 14.6. The molecule has 0 saturated heterocycles. The highest BCUT2D eigenvalue weighted by atomic mass is 32.1. The van der Waals surface area contributed by atoms with Crippen LogP contribution >= 0.6 is 11.3 Å². The summed E-state index contributed by atoms with van der Waals surface area (Å²) in [6.07, 6.45) is 0. The Bertz CT molecular complexity index is 1210. The molecular formula is C21H16N4OS. The molecule has 0 fully saturated rings. The average molecular weight is 372 g/mol. The van der Waals surface area contributed by atoms with E-state index in [-0.39, 0.29) is 0 Å². The third-order valence-electron chi connectivity index (χ3n) is 4.25. The maximum absolute atomic E-state index is 5.87. The van der Waals surface area contributed by atoms with Crippen LogP contribution in [0.15, 0.2) is 76.6 Å². The highest BCUT2D eigenvalue weighted by molar-refractivity contribution is 7.14. The molecule has 0 amide bonds. The van der Waals surface area contributed by atoms with E-state index in [0.717, 1.165) is 44.9 Å². The molecule has 0 aliphatic rings. The number of nitrogens with zero attached hydrogens (tertiary/aromatic N) is 3. The van der Waals surface area contributed by atoms with E-state index in [2.05, 4.69) is 17.4 Å². The quantitative estimate of drug-likeness (QED) is 0.435. The van der Waals surface area contributed by atoms with E-state index in [1.54, 1.807) is 15.9 Å². The van der Waals surface area contributed by atoms with Crippen molar-refractivity contribution >= 4 is 27.8 Å². The Balaban J connectivity index is 1.60. The van der Waals surface area contributed by atoms with Gasteiger partial charge >= 0.3 is 0 Å². The maximum atomic E-state index is 5.87. The van der Waals surface area contributed by atoms with Gasteiger partial charge in [-0.25, -0.2) is 9.97 Å². The third kappa shape index (κ3) is 2.90. The SMILES string of the molecule is Cc1cc2nc(-c3csc(Nc4ccccc4)n3)c(-c3ccccc3)n2o1. The predicted molar refractivity (Wildman–Crippen MR) is 108 cm³/mol. The molecule has 3 aromatic heterocycles. The van der Waals surface area contributed by atoms with Crippen LogP contribution in [-0.2, 0) is 0 Å². The molecule has 27 heavy (non-hydrogen) atoms. The Morgan fingerprint density at radius 2 is 1.70 bits per heavy atom. The zero-order chi connectivity index (χ0) is 18.2. The van der Waals surface area contributed by atoms with E-state index >= 15 is 0 Å². The van der Waals surface area contributed by atoms with E-state index in [1.165, 1.54) is 0 Å². The second-order valence-electron chi connectivity index (χ2n) is 6.20. The number of imidazole rings is 1. The molecule has 0 bridgehead atoms. The molecule has 132 valence electrons. The number of aromatic nitrogens is 3. The van der Waals surface area contributed by atoms with Crippen LogP contribution in [-0.4, -0.2) is 14.5 Å². The minimum atomic E-state index is 0.784. The summed E-state index contributed by atoms with van der Waals surface area (Å²) < 4.78 is 7.65. The Kier molecular flexibility index (Phi) is 3.76. The number of hydrogen-bond acceptors (Lipinski definition) is 5. The minimum Gasteiger partial charge on any atom is -0.378 e. The summed E-state index contributed by atoms with van der Waals surface area (Å²) >= 11 is 1.56. The largest absolute Gasteiger partial charge is 0.378 e. The summed E-state index contributed by atoms with van der Waals surface area (Å²) in [5.74, 6) is 0.825. The van der Waals surface area contributed by atoms with E-state index in [4.69, 9.17) is 14.5 Å². The van der Waals surface area contributed by atoms with Crippen molar-refractivity contribution in [3.63, 3.8) is 0 Å². The van der Waals surface area contributed by atoms with Crippen molar-refractivity contribution in [2.75, 3.05) is 5.32 Å². The van der Waals surface area contributed by atoms with Gasteiger partial charge in [-0.3, -0.25) is 0 Å². The highest BCUT2D eigenvalue weighted by Crippen LogP contribution is 2.35. The van der Waals surface area contributed by atoms with Crippen LogP contribution in [0.4, 0.5) is 10.8 Å². The normalized spacial score (nSPS) is 11.1. The Morgan fingerprint density at radius 1 is 0.963 bits per heavy atom. The van der Waals surface area contributed by atoms with Crippen LogP contribution in [0.5, 0.6) is 0 Å². The first-order chi connectivity index (χ1) is 13.3. The van der Waals surface area contributed by atoms with Crippen molar-refractivity contribution in [1.29, 1.82) is 0 Å². The second kappa shape index (κ2) is 6.41. The fourth-order valence-electron chi connectivity index (χ4n) is 3.07. The van der Waals surface area contributed by atoms with Gasteiger partial charge < -0.3 is 9.84 Å². The summed E-state index contributed by atoms with van der Waals surface area (Å²) in [7, 11) is 0. The van der Waals surface area contributed by atoms with Crippen LogP contribution in [0.2, 0.25) is 0 Å². The summed E-state index contributed by atoms with van der Waals surface area (Å²) in [6.45, 7) is 1.92. The van der Waals surface area contributed by atoms with E-state index < -0.39 is 0 Å². The molecule has 1 N–H and O–H groups in total. The van der Waals surface area contributed by atoms with Crippen LogP contribution in [0.1, 0.15) is 5.76 Å². The molecule has 0 aliphatic heterocycles. The van der Waals surface area contributed by atoms with Crippen molar-refractivity contribution in [2.45, 2.75) is 6.92 Å². The first-order valence-electron chi connectivity index (χ1n) is 8.61. The molecule has 2 aromatic carbocycles. The summed E-state index contributed by atoms with van der Waals surface area (Å²) in [6, 6.07) is 22.1. The van der Waals surface area contributed by atoms with Gasteiger partial charge in [-0.05, 0) is 19.1 Å². The number of anilines is 2. The Hall–Kier alpha value is -3.38. The van der Waals surface area contributed by atoms with Gasteiger partial charge in [0.25, 0.3) is 0 Å². The number of nitrogens with one attached hydrogen (secondary N) is 1. The Labute approximate surface area is 159 Å². The maximum Gasteiger partial charge on any atom is 0.187 e. The first-order valence-corrected chi connectivity index (χ1v) is 9.49. The average Bonchev–Trinajstić information content (AvgIpc) is 3.37. The molecule has 5 rings (SSSR count). The van der Waals surface area contributed by atoms with Gasteiger partial charge in [-0.15, -0.1) is 11.3 Å². The lowest BCUT2D eigenvalue weighted by molar-refractivity contribution is 0.361. The van der Waals surface area contributed by atoms with Crippen molar-refractivity contribution in [3.8, 4) is 22.6 Å². The van der Waals surface area contributed by atoms with Crippen LogP contribution in [0.25, 0.3) is 28.3 Å². The van der Waals surface area contributed by atoms with Crippen LogP contribution < -0.4 is 5.32 Å². The highest BCUT2D eigenvalue weighted by Gasteiger charge is 2.20. The van der Waals surface area contributed by atoms with Crippen LogP contribution in [0.3, 0.4) is 0 Å². The number of thiazole rings is 1. The lowest BCUT2D eigenvalue weighted by atomic mass is 10.1. The first kappa shape index (κ1) is 15.8. The predicted octanol–water partition coefficient (Wildman–Crippen LogP) is 5.77. The molecule has 0 aliphatic carbocycles. The minimum absolute atomic E-state index is 0.784. The van der Waals surface area contributed by atoms with E-state index in [0.29, 0.717) is 0 Å². The topological polar surface area (TPSA) is 55.4 Å². The number of para-hydroxylation sites is 1. The van der Waals surface area contributed by atoms with Crippen molar-refractivity contribution in [2.24, 2.45) is 0 Å². The number of fused-ring (bicyclic) bond motifs is 1. The van der Waals surface area contributed by atoms with Gasteiger partial charge in [0, 0.05) is 22.7 Å². The van der Waals surface area contributed by atoms with Crippen molar-refractivity contribution in [3.05, 3.63) is 77.9 Å². The number of hydrogen-bond donors (Lipinski definition) is 1. The molecule has 5 aromatic rings. The lowest BCUT2D eigenvalue weighted by Crippen LogP contribution is -1.90. The van der Waals surface area contributed by atoms with Gasteiger partial charge in [0.15, 0.2) is 10.8 Å². The lowest BCUT2D eigenvalue weighted by Gasteiger charge is -2.02. The van der Waals surface area contributed by atoms with E-state index in [9.17, 15) is 0 Å². The third-order valence-corrected chi connectivity index (χ3v) is 5.01. The standard InChI is InChI=1S/C21H16N4OS/c1-14-12-18-24-19(20(25(18)26-14)15-8-4-2-5-9-15)17-13-27-21(23-17)22-16-10-6-3-7-11-16/h2-13H,1H3,(H,22,23). The molecule has 0 atom stereocenters. The zero-order valence-corrected chi connectivity index (χ0v) is 15.4. The molecule has 0 radical (unpaired) electrons. The number of rotatable bonds is 4. The van der Waals surface area contributed by atoms with Crippen molar-refractivity contribution in [1.82, 2.24) is 14.5 Å². The molecule has 0 unspecified atom stereocenters. The molecular weight excluding hydrogens is 356 g/mol. The van der Waals surface area contributed by atoms with Crippen LogP contribution in [0, 0.1) is 6.92 Å². The van der Waals surface area contributed by atoms with Gasteiger partial charge in [0.2, 0.25) is 0 Å². The summed E-state index contributed by atoms with van der Waals surface area (Å²) in [5.41, 5.74) is 5.39. The smallest absolute Gasteiger partial charge is 0.187 e. The van der Waals surface area contributed by atoms with E-state index in [1.807, 2.05) is 66.9 Å². The summed E-state index contributed by atoms with van der Waals surface area (Å²) in [4.78, 5) is 9.54. The number of benzene rings is 2. The van der Waals surface area contributed by atoms with Gasteiger partial charge in [-0.1, -0.05) is 48.5 Å². The monoisotopic (exact) mass is 372 g/mol. The molecule has 6 heteroatoms. The fraction of sp³-hybridized carbons (Fsp3) is 0.0476. The molecule has 5 nitrogen and oxygen atoms in total. The molecule has 3 heterocycles. The van der Waals surface area contributed by atoms with Crippen molar-refractivity contribution < 1.29 is 4.52 Å².